The number of aromatic nitrogens is 2. The number of thioether (sulfide) groups is 1. The summed E-state index contributed by atoms with van der Waals surface area (Å²) in [7, 11) is 0. The van der Waals surface area contributed by atoms with Crippen molar-refractivity contribution in [3.8, 4) is 10.6 Å². The molecule has 3 heterocycles. The lowest BCUT2D eigenvalue weighted by molar-refractivity contribution is -0.141. The number of nitrogens with zero attached hydrogens (tertiary/aromatic N) is 2. The SMILES string of the molecule is CCOC(=O)c1sc(NC(=O)CSc2nc(-c3cccs3)cc(C(F)(F)F)n2)c(C(N)=O)c1C. The summed E-state index contributed by atoms with van der Waals surface area (Å²) in [6, 6.07) is 4.15. The molecular formula is C20H17F3N4O4S3. The molecule has 3 rings (SSSR count). The number of carbonyl (C=O) groups is 3. The molecule has 3 aromatic heterocycles. The molecular weight excluding hydrogens is 513 g/mol. The number of alkyl halides is 3. The van der Waals surface area contributed by atoms with Gasteiger partial charge in [0, 0.05) is 0 Å². The maximum Gasteiger partial charge on any atom is 0.433 e. The quantitative estimate of drug-likeness (QED) is 0.248. The molecule has 0 radical (unpaired) electrons. The van der Waals surface area contributed by atoms with Crippen molar-refractivity contribution in [2.45, 2.75) is 25.2 Å². The van der Waals surface area contributed by atoms with Crippen molar-refractivity contribution in [3.05, 3.63) is 45.3 Å². The maximum absolute atomic E-state index is 13.3. The summed E-state index contributed by atoms with van der Waals surface area (Å²) in [4.78, 5) is 44.8. The number of halogens is 3. The van der Waals surface area contributed by atoms with Gasteiger partial charge >= 0.3 is 12.1 Å². The van der Waals surface area contributed by atoms with Crippen LogP contribution in [0.5, 0.6) is 0 Å². The third-order valence-electron chi connectivity index (χ3n) is 4.21. The number of ether oxygens (including phenoxy) is 1. The lowest BCUT2D eigenvalue weighted by Crippen LogP contribution is -2.19. The highest BCUT2D eigenvalue weighted by molar-refractivity contribution is 7.99. The Labute approximate surface area is 203 Å². The Balaban J connectivity index is 1.80. The van der Waals surface area contributed by atoms with Gasteiger partial charge in [0.05, 0.1) is 28.5 Å². The smallest absolute Gasteiger partial charge is 0.433 e. The Morgan fingerprint density at radius 1 is 1.26 bits per heavy atom. The second-order valence-corrected chi connectivity index (χ2v) is 9.49. The number of esters is 1. The normalized spacial score (nSPS) is 11.3. The molecule has 0 fully saturated rings. The van der Waals surface area contributed by atoms with Crippen molar-refractivity contribution in [1.82, 2.24) is 9.97 Å². The Kier molecular flexibility index (Phi) is 7.94. The molecule has 0 aliphatic heterocycles. The van der Waals surface area contributed by atoms with Crippen LogP contribution in [-0.4, -0.2) is 40.1 Å². The average Bonchev–Trinajstić information content (AvgIpc) is 3.40. The van der Waals surface area contributed by atoms with E-state index in [2.05, 4.69) is 15.3 Å². The molecule has 8 nitrogen and oxygen atoms in total. The second-order valence-electron chi connectivity index (χ2n) is 6.58. The minimum Gasteiger partial charge on any atom is -0.462 e. The van der Waals surface area contributed by atoms with Crippen LogP contribution in [0.3, 0.4) is 0 Å². The molecule has 14 heteroatoms. The summed E-state index contributed by atoms with van der Waals surface area (Å²) in [5, 5.41) is 3.99. The summed E-state index contributed by atoms with van der Waals surface area (Å²) in [5.74, 6) is -2.52. The van der Waals surface area contributed by atoms with Gasteiger partial charge in [0.2, 0.25) is 5.91 Å². The Morgan fingerprint density at radius 2 is 2.00 bits per heavy atom. The van der Waals surface area contributed by atoms with Crippen LogP contribution in [0.1, 0.15) is 38.2 Å². The van der Waals surface area contributed by atoms with Crippen LogP contribution in [0.4, 0.5) is 18.2 Å². The highest BCUT2D eigenvalue weighted by atomic mass is 32.2. The zero-order valence-electron chi connectivity index (χ0n) is 17.7. The summed E-state index contributed by atoms with van der Waals surface area (Å²) in [6.45, 7) is 3.23. The fourth-order valence-corrected chi connectivity index (χ4v) is 5.23. The third-order valence-corrected chi connectivity index (χ3v) is 7.14. The monoisotopic (exact) mass is 530 g/mol. The molecule has 3 aromatic rings. The number of hydrogen-bond donors (Lipinski definition) is 2. The van der Waals surface area contributed by atoms with Crippen LogP contribution in [0.2, 0.25) is 0 Å². The summed E-state index contributed by atoms with van der Waals surface area (Å²) in [5.41, 5.74) is 4.58. The topological polar surface area (TPSA) is 124 Å². The Morgan fingerprint density at radius 3 is 2.59 bits per heavy atom. The second kappa shape index (κ2) is 10.5. The number of amides is 2. The standard InChI is InChI=1S/C20H17F3N4O4S3/c1-3-31-18(30)15-9(2)14(16(24)29)17(34-15)27-13(28)8-33-19-25-10(11-5-4-6-32-11)7-12(26-19)20(21,22)23/h4-7H,3,8H2,1-2H3,(H2,24,29)(H,27,28). The zero-order chi connectivity index (χ0) is 25.0. The van der Waals surface area contributed by atoms with Gasteiger partial charge in [0.25, 0.3) is 5.91 Å². The van der Waals surface area contributed by atoms with Crippen molar-refractivity contribution < 1.29 is 32.3 Å². The number of rotatable bonds is 8. The first-order chi connectivity index (χ1) is 16.0. The van der Waals surface area contributed by atoms with E-state index in [0.29, 0.717) is 16.6 Å². The van der Waals surface area contributed by atoms with E-state index in [1.165, 1.54) is 18.3 Å². The predicted octanol–water partition coefficient (Wildman–Crippen LogP) is 4.60. The molecule has 180 valence electrons. The van der Waals surface area contributed by atoms with Gasteiger partial charge in [-0.2, -0.15) is 13.2 Å². The Hall–Kier alpha value is -2.97. The van der Waals surface area contributed by atoms with E-state index < -0.39 is 29.7 Å². The third kappa shape index (κ3) is 5.93. The molecule has 0 atom stereocenters. The number of primary amides is 1. The Bertz CT molecular complexity index is 1230. The first kappa shape index (κ1) is 25.6. The number of carbonyl (C=O) groups excluding carboxylic acids is 3. The van der Waals surface area contributed by atoms with E-state index in [9.17, 15) is 27.6 Å². The average molecular weight is 531 g/mol. The summed E-state index contributed by atoms with van der Waals surface area (Å²) in [6.07, 6.45) is -4.69. The lowest BCUT2D eigenvalue weighted by atomic mass is 10.1. The highest BCUT2D eigenvalue weighted by Crippen LogP contribution is 2.35. The number of nitrogens with two attached hydrogens (primary N) is 1. The molecule has 0 saturated carbocycles. The molecule has 0 aliphatic rings. The molecule has 0 aromatic carbocycles. The van der Waals surface area contributed by atoms with Gasteiger partial charge in [0.15, 0.2) is 5.16 Å². The molecule has 0 saturated heterocycles. The molecule has 2 amide bonds. The van der Waals surface area contributed by atoms with Gasteiger partial charge in [0.1, 0.15) is 15.6 Å². The summed E-state index contributed by atoms with van der Waals surface area (Å²) >= 11 is 2.74. The molecule has 0 aliphatic carbocycles. The van der Waals surface area contributed by atoms with Crippen molar-refractivity contribution >= 4 is 57.2 Å². The van der Waals surface area contributed by atoms with Gasteiger partial charge in [-0.3, -0.25) is 9.59 Å². The maximum atomic E-state index is 13.3. The van der Waals surface area contributed by atoms with Gasteiger partial charge in [-0.15, -0.1) is 22.7 Å². The van der Waals surface area contributed by atoms with Gasteiger partial charge in [-0.25, -0.2) is 14.8 Å². The number of nitrogens with one attached hydrogen (secondary N) is 1. The lowest BCUT2D eigenvalue weighted by Gasteiger charge is -2.10. The van der Waals surface area contributed by atoms with Crippen molar-refractivity contribution in [1.29, 1.82) is 0 Å². The highest BCUT2D eigenvalue weighted by Gasteiger charge is 2.34. The fourth-order valence-electron chi connectivity index (χ4n) is 2.77. The van der Waals surface area contributed by atoms with Crippen LogP contribution in [0.15, 0.2) is 28.7 Å². The van der Waals surface area contributed by atoms with Crippen molar-refractivity contribution in [2.24, 2.45) is 5.73 Å². The number of anilines is 1. The van der Waals surface area contributed by atoms with E-state index in [-0.39, 0.29) is 44.2 Å². The van der Waals surface area contributed by atoms with E-state index in [4.69, 9.17) is 10.5 Å². The first-order valence-corrected chi connectivity index (χ1v) is 12.2. The van der Waals surface area contributed by atoms with Gasteiger partial charge in [-0.1, -0.05) is 17.8 Å². The van der Waals surface area contributed by atoms with E-state index in [1.54, 1.807) is 24.4 Å². The fraction of sp³-hybridized carbons (Fsp3) is 0.250. The largest absolute Gasteiger partial charge is 0.462 e. The summed E-state index contributed by atoms with van der Waals surface area (Å²) < 4.78 is 44.8. The van der Waals surface area contributed by atoms with E-state index >= 15 is 0 Å². The number of thiophene rings is 2. The van der Waals surface area contributed by atoms with Crippen molar-refractivity contribution in [3.63, 3.8) is 0 Å². The first-order valence-electron chi connectivity index (χ1n) is 9.54. The molecule has 0 bridgehead atoms. The zero-order valence-corrected chi connectivity index (χ0v) is 20.1. The molecule has 3 N–H and O–H groups in total. The van der Waals surface area contributed by atoms with Gasteiger partial charge in [-0.05, 0) is 36.9 Å². The van der Waals surface area contributed by atoms with Crippen LogP contribution >= 0.6 is 34.4 Å². The van der Waals surface area contributed by atoms with Crippen LogP contribution in [0.25, 0.3) is 10.6 Å². The molecule has 34 heavy (non-hydrogen) atoms. The molecule has 0 spiro atoms. The minimum absolute atomic E-state index is 0.0401. The minimum atomic E-state index is -4.69. The van der Waals surface area contributed by atoms with Crippen LogP contribution < -0.4 is 11.1 Å². The van der Waals surface area contributed by atoms with Crippen LogP contribution in [0, 0.1) is 6.92 Å². The van der Waals surface area contributed by atoms with E-state index in [0.717, 1.165) is 17.4 Å². The van der Waals surface area contributed by atoms with E-state index in [1.807, 2.05) is 0 Å². The number of hydrogen-bond acceptors (Lipinski definition) is 9. The van der Waals surface area contributed by atoms with Crippen LogP contribution in [-0.2, 0) is 15.7 Å². The molecule has 0 unspecified atom stereocenters. The predicted molar refractivity (Wildman–Crippen MR) is 123 cm³/mol. The van der Waals surface area contributed by atoms with Crippen molar-refractivity contribution in [2.75, 3.05) is 17.7 Å². The van der Waals surface area contributed by atoms with Gasteiger partial charge < -0.3 is 15.8 Å².